The maximum Gasteiger partial charge on any atom is 0.335 e. The van der Waals surface area contributed by atoms with Gasteiger partial charge in [0.05, 0.1) is 5.56 Å². The van der Waals surface area contributed by atoms with E-state index >= 15 is 0 Å². The lowest BCUT2D eigenvalue weighted by atomic mass is 10.1. The molecule has 2 N–H and O–H groups in total. The first-order valence-corrected chi connectivity index (χ1v) is 7.43. The van der Waals surface area contributed by atoms with Crippen LogP contribution in [0.3, 0.4) is 0 Å². The van der Waals surface area contributed by atoms with E-state index in [0.717, 1.165) is 37.2 Å². The second-order valence-corrected chi connectivity index (χ2v) is 5.54. The van der Waals surface area contributed by atoms with E-state index in [1.54, 1.807) is 12.1 Å². The van der Waals surface area contributed by atoms with E-state index in [0.29, 0.717) is 11.6 Å². The average Bonchev–Trinajstić information content (AvgIpc) is 2.66. The highest BCUT2D eigenvalue weighted by molar-refractivity contribution is 5.89. The van der Waals surface area contributed by atoms with Gasteiger partial charge in [0.25, 0.3) is 0 Å². The summed E-state index contributed by atoms with van der Waals surface area (Å²) in [6, 6.07) is 5.73. The second-order valence-electron chi connectivity index (χ2n) is 5.54. The van der Waals surface area contributed by atoms with Crippen molar-refractivity contribution in [1.29, 1.82) is 0 Å². The molecule has 1 fully saturated rings. The number of anilines is 1. The predicted molar refractivity (Wildman–Crippen MR) is 81.5 cm³/mol. The Balaban J connectivity index is 2.05. The highest BCUT2D eigenvalue weighted by Gasteiger charge is 2.17. The quantitative estimate of drug-likeness (QED) is 0.887. The molecular formula is C16H24N2O2. The minimum atomic E-state index is -0.869. The molecular weight excluding hydrogens is 252 g/mol. The molecule has 0 amide bonds. The zero-order valence-electron chi connectivity index (χ0n) is 12.4. The monoisotopic (exact) mass is 276 g/mol. The molecule has 110 valence electrons. The van der Waals surface area contributed by atoms with Gasteiger partial charge in [-0.3, -0.25) is 0 Å². The number of hydrogen-bond acceptors (Lipinski definition) is 3. The van der Waals surface area contributed by atoms with Gasteiger partial charge < -0.3 is 15.3 Å². The van der Waals surface area contributed by atoms with Crippen LogP contribution in [0.4, 0.5) is 5.69 Å². The number of carbonyl (C=O) groups is 1. The summed E-state index contributed by atoms with van der Waals surface area (Å²) >= 11 is 0. The fraction of sp³-hybridized carbons (Fsp3) is 0.562. The van der Waals surface area contributed by atoms with Crippen LogP contribution in [0, 0.1) is 6.92 Å². The van der Waals surface area contributed by atoms with Gasteiger partial charge in [0.15, 0.2) is 0 Å². The maximum absolute atomic E-state index is 11.1. The summed E-state index contributed by atoms with van der Waals surface area (Å²) in [7, 11) is 0. The molecule has 0 radical (unpaired) electrons. The number of aryl methyl sites for hydroxylation is 1. The summed E-state index contributed by atoms with van der Waals surface area (Å²) in [6.45, 7) is 7.62. The van der Waals surface area contributed by atoms with Gasteiger partial charge in [-0.25, -0.2) is 4.79 Å². The molecule has 0 bridgehead atoms. The smallest absolute Gasteiger partial charge is 0.335 e. The zero-order chi connectivity index (χ0) is 14.5. The van der Waals surface area contributed by atoms with Gasteiger partial charge >= 0.3 is 5.97 Å². The fourth-order valence-electron chi connectivity index (χ4n) is 2.75. The number of hydrogen-bond donors (Lipinski definition) is 2. The van der Waals surface area contributed by atoms with Crippen LogP contribution < -0.4 is 5.32 Å². The van der Waals surface area contributed by atoms with Crippen molar-refractivity contribution >= 4 is 11.7 Å². The van der Waals surface area contributed by atoms with Crippen molar-refractivity contribution in [1.82, 2.24) is 4.90 Å². The third-order valence-electron chi connectivity index (χ3n) is 4.11. The minimum absolute atomic E-state index is 0.349. The number of nitrogens with zero attached hydrogens (tertiary/aromatic N) is 1. The van der Waals surface area contributed by atoms with Gasteiger partial charge in [-0.2, -0.15) is 0 Å². The summed E-state index contributed by atoms with van der Waals surface area (Å²) in [5, 5.41) is 12.6. The molecule has 0 aliphatic carbocycles. The molecule has 1 heterocycles. The largest absolute Gasteiger partial charge is 0.478 e. The molecule has 0 spiro atoms. The van der Waals surface area contributed by atoms with Crippen LogP contribution in [0.1, 0.15) is 42.1 Å². The molecule has 1 aromatic rings. The van der Waals surface area contributed by atoms with E-state index in [4.69, 9.17) is 5.11 Å². The van der Waals surface area contributed by atoms with E-state index in [-0.39, 0.29) is 0 Å². The van der Waals surface area contributed by atoms with Crippen molar-refractivity contribution in [2.24, 2.45) is 0 Å². The third-order valence-corrected chi connectivity index (χ3v) is 4.11. The highest BCUT2D eigenvalue weighted by Crippen LogP contribution is 2.21. The fourth-order valence-corrected chi connectivity index (χ4v) is 2.75. The first kappa shape index (κ1) is 14.9. The Labute approximate surface area is 120 Å². The summed E-state index contributed by atoms with van der Waals surface area (Å²) in [5.74, 6) is -0.869. The molecule has 2 rings (SSSR count). The van der Waals surface area contributed by atoms with Crippen molar-refractivity contribution in [3.05, 3.63) is 29.3 Å². The SMILES string of the molecule is CCN1CCCC(Nc2cc(C(=O)O)ccc2C)CC1. The highest BCUT2D eigenvalue weighted by atomic mass is 16.4. The molecule has 1 aromatic carbocycles. The molecule has 4 nitrogen and oxygen atoms in total. The maximum atomic E-state index is 11.1. The predicted octanol–water partition coefficient (Wildman–Crippen LogP) is 2.98. The standard InChI is InChI=1S/C16H24N2O2/c1-3-18-9-4-5-14(8-10-18)17-15-11-13(16(19)20)7-6-12(15)2/h6-7,11,14,17H,3-5,8-10H2,1-2H3,(H,19,20). The van der Waals surface area contributed by atoms with E-state index < -0.39 is 5.97 Å². The van der Waals surface area contributed by atoms with Crippen molar-refractivity contribution < 1.29 is 9.90 Å². The van der Waals surface area contributed by atoms with E-state index in [1.165, 1.54) is 13.0 Å². The molecule has 1 atom stereocenters. The molecule has 1 saturated heterocycles. The van der Waals surface area contributed by atoms with Crippen LogP contribution in [0.25, 0.3) is 0 Å². The summed E-state index contributed by atoms with van der Waals surface area (Å²) in [4.78, 5) is 13.5. The summed E-state index contributed by atoms with van der Waals surface area (Å²) in [5.41, 5.74) is 2.41. The third kappa shape index (κ3) is 3.73. The molecule has 1 unspecified atom stereocenters. The lowest BCUT2D eigenvalue weighted by Crippen LogP contribution is -2.26. The number of rotatable bonds is 4. The number of nitrogens with one attached hydrogen (secondary N) is 1. The summed E-state index contributed by atoms with van der Waals surface area (Å²) < 4.78 is 0. The molecule has 0 saturated carbocycles. The van der Waals surface area contributed by atoms with Crippen LogP contribution in [-0.4, -0.2) is 41.7 Å². The molecule has 0 aromatic heterocycles. The van der Waals surface area contributed by atoms with Gasteiger partial charge in [0.1, 0.15) is 0 Å². The Morgan fingerprint density at radius 3 is 2.90 bits per heavy atom. The van der Waals surface area contributed by atoms with Crippen LogP contribution in [0.15, 0.2) is 18.2 Å². The van der Waals surface area contributed by atoms with E-state index in [9.17, 15) is 4.79 Å². The van der Waals surface area contributed by atoms with Crippen LogP contribution >= 0.6 is 0 Å². The number of benzene rings is 1. The number of carboxylic acid groups (broad SMARTS) is 1. The van der Waals surface area contributed by atoms with Crippen molar-refractivity contribution in [2.75, 3.05) is 25.0 Å². The van der Waals surface area contributed by atoms with Crippen LogP contribution in [0.2, 0.25) is 0 Å². The average molecular weight is 276 g/mol. The van der Waals surface area contributed by atoms with Gasteiger partial charge in [-0.1, -0.05) is 13.0 Å². The molecule has 1 aliphatic rings. The van der Waals surface area contributed by atoms with Crippen molar-refractivity contribution in [3.8, 4) is 0 Å². The van der Waals surface area contributed by atoms with Crippen LogP contribution in [-0.2, 0) is 0 Å². The molecule has 20 heavy (non-hydrogen) atoms. The van der Waals surface area contributed by atoms with Gasteiger partial charge in [-0.05, 0) is 57.0 Å². The normalized spacial score (nSPS) is 20.4. The van der Waals surface area contributed by atoms with E-state index in [2.05, 4.69) is 17.1 Å². The lowest BCUT2D eigenvalue weighted by Gasteiger charge is -2.20. The number of aromatic carboxylic acids is 1. The molecule has 1 aliphatic heterocycles. The number of carboxylic acids is 1. The Hall–Kier alpha value is -1.55. The Morgan fingerprint density at radius 2 is 2.20 bits per heavy atom. The molecule has 4 heteroatoms. The zero-order valence-corrected chi connectivity index (χ0v) is 12.4. The van der Waals surface area contributed by atoms with Gasteiger partial charge in [0, 0.05) is 18.3 Å². The van der Waals surface area contributed by atoms with Crippen LogP contribution in [0.5, 0.6) is 0 Å². The Bertz CT molecular complexity index is 474. The first-order chi connectivity index (χ1) is 9.60. The van der Waals surface area contributed by atoms with Crippen molar-refractivity contribution in [3.63, 3.8) is 0 Å². The van der Waals surface area contributed by atoms with Gasteiger partial charge in [0.2, 0.25) is 0 Å². The minimum Gasteiger partial charge on any atom is -0.478 e. The van der Waals surface area contributed by atoms with Gasteiger partial charge in [-0.15, -0.1) is 0 Å². The number of likely N-dealkylation sites (tertiary alicyclic amines) is 1. The first-order valence-electron chi connectivity index (χ1n) is 7.43. The van der Waals surface area contributed by atoms with Crippen molar-refractivity contribution in [2.45, 2.75) is 39.2 Å². The van der Waals surface area contributed by atoms with E-state index in [1.807, 2.05) is 13.0 Å². The second kappa shape index (κ2) is 6.75. The topological polar surface area (TPSA) is 52.6 Å². The summed E-state index contributed by atoms with van der Waals surface area (Å²) in [6.07, 6.45) is 3.46. The Morgan fingerprint density at radius 1 is 1.40 bits per heavy atom. The lowest BCUT2D eigenvalue weighted by molar-refractivity contribution is 0.0697. The Kier molecular flexibility index (Phi) is 5.01.